The molecule has 12 heavy (non-hydrogen) atoms. The lowest BCUT2D eigenvalue weighted by Gasteiger charge is -1.96. The van der Waals surface area contributed by atoms with Crippen LogP contribution < -0.4 is 0 Å². The molecule has 1 rings (SSSR count). The molecule has 0 aliphatic heterocycles. The summed E-state index contributed by atoms with van der Waals surface area (Å²) < 4.78 is 0.237. The molecule has 0 aliphatic carbocycles. The van der Waals surface area contributed by atoms with Gasteiger partial charge < -0.3 is 0 Å². The minimum absolute atomic E-state index is 0.0177. The van der Waals surface area contributed by atoms with E-state index >= 15 is 0 Å². The Balaban J connectivity index is 3.39. The summed E-state index contributed by atoms with van der Waals surface area (Å²) in [6.45, 7) is 0. The van der Waals surface area contributed by atoms with Crippen molar-refractivity contribution < 1.29 is 4.79 Å². The number of aromatic nitrogens is 2. The van der Waals surface area contributed by atoms with Crippen LogP contribution in [-0.2, 0) is 0 Å². The first-order valence-corrected chi connectivity index (χ1v) is 3.94. The molecule has 4 nitrogen and oxygen atoms in total. The van der Waals surface area contributed by atoms with E-state index in [1.54, 1.807) is 6.07 Å². The molecular weight excluding hydrogens is 245 g/mol. The Bertz CT molecular complexity index is 374. The second kappa shape index (κ2) is 3.61. The van der Waals surface area contributed by atoms with Crippen LogP contribution in [-0.4, -0.2) is 16.3 Å². The van der Waals surface area contributed by atoms with E-state index in [1.807, 2.05) is 0 Å². The fourth-order valence-corrected chi connectivity index (χ4v) is 1.18. The van der Waals surface area contributed by atoms with Crippen molar-refractivity contribution in [2.24, 2.45) is 0 Å². The lowest BCUT2D eigenvalue weighted by atomic mass is 10.4. The Labute approximate surface area is 81.3 Å². The van der Waals surface area contributed by atoms with Crippen LogP contribution in [0.15, 0.2) is 4.60 Å². The third-order valence-electron chi connectivity index (χ3n) is 1.05. The topological polar surface area (TPSA) is 66.6 Å². The van der Waals surface area contributed by atoms with Crippen molar-refractivity contribution in [1.29, 1.82) is 5.26 Å². The highest BCUT2D eigenvalue weighted by Crippen LogP contribution is 2.16. The maximum absolute atomic E-state index is 10.3. The van der Waals surface area contributed by atoms with Crippen LogP contribution in [0.4, 0.5) is 0 Å². The molecule has 1 aromatic rings. The van der Waals surface area contributed by atoms with E-state index in [-0.39, 0.29) is 21.1 Å². The average Bonchev–Trinajstić information content (AvgIpc) is 2.05. The third-order valence-corrected chi connectivity index (χ3v) is 1.88. The molecular formula is C6HBrClN3O. The van der Waals surface area contributed by atoms with Gasteiger partial charge in [0.1, 0.15) is 16.4 Å². The van der Waals surface area contributed by atoms with Crippen molar-refractivity contribution in [2.75, 3.05) is 0 Å². The summed E-state index contributed by atoms with van der Waals surface area (Å²) in [6.07, 6.45) is 0.447. The van der Waals surface area contributed by atoms with E-state index in [1.165, 1.54) is 0 Å². The molecule has 0 unspecified atom stereocenters. The van der Waals surface area contributed by atoms with Crippen molar-refractivity contribution in [3.63, 3.8) is 0 Å². The Morgan fingerprint density at radius 2 is 2.25 bits per heavy atom. The lowest BCUT2D eigenvalue weighted by molar-refractivity contribution is 0.111. The summed E-state index contributed by atoms with van der Waals surface area (Å²) in [6, 6.07) is 1.76. The number of hydrogen-bond acceptors (Lipinski definition) is 4. The third kappa shape index (κ3) is 1.60. The second-order valence-electron chi connectivity index (χ2n) is 1.77. The van der Waals surface area contributed by atoms with Gasteiger partial charge in [-0.3, -0.25) is 4.79 Å². The summed E-state index contributed by atoms with van der Waals surface area (Å²) in [7, 11) is 0. The molecule has 0 N–H and O–H groups in total. The molecule has 0 aromatic carbocycles. The van der Waals surface area contributed by atoms with E-state index in [0.29, 0.717) is 6.29 Å². The van der Waals surface area contributed by atoms with Gasteiger partial charge in [0.15, 0.2) is 17.1 Å². The van der Waals surface area contributed by atoms with Crippen LogP contribution in [0.3, 0.4) is 0 Å². The molecule has 60 valence electrons. The highest BCUT2D eigenvalue weighted by molar-refractivity contribution is 9.10. The van der Waals surface area contributed by atoms with Gasteiger partial charge in [-0.05, 0) is 15.9 Å². The molecule has 0 spiro atoms. The fourth-order valence-electron chi connectivity index (χ4n) is 0.555. The molecule has 0 saturated carbocycles. The predicted octanol–water partition coefficient (Wildman–Crippen LogP) is 1.58. The Kier molecular flexibility index (Phi) is 2.74. The molecule has 1 aromatic heterocycles. The SMILES string of the molecule is N#Cc1nc(C=O)c(Cl)nc1Br. The standard InChI is InChI=1S/C6HBrClN3O/c7-5-3(1-9)10-4(2-12)6(8)11-5/h2H. The first kappa shape index (κ1) is 9.10. The van der Waals surface area contributed by atoms with Crippen LogP contribution >= 0.6 is 27.5 Å². The van der Waals surface area contributed by atoms with Gasteiger partial charge in [-0.1, -0.05) is 11.6 Å². The highest BCUT2D eigenvalue weighted by Gasteiger charge is 2.08. The molecule has 0 atom stereocenters. The van der Waals surface area contributed by atoms with Gasteiger partial charge in [-0.15, -0.1) is 0 Å². The largest absolute Gasteiger partial charge is 0.296 e. The monoisotopic (exact) mass is 245 g/mol. The molecule has 0 bridgehead atoms. The van der Waals surface area contributed by atoms with Crippen LogP contribution in [0, 0.1) is 11.3 Å². The Morgan fingerprint density at radius 3 is 2.75 bits per heavy atom. The van der Waals surface area contributed by atoms with E-state index in [0.717, 1.165) is 0 Å². The minimum Gasteiger partial charge on any atom is -0.296 e. The lowest BCUT2D eigenvalue weighted by Crippen LogP contribution is -1.96. The van der Waals surface area contributed by atoms with Crippen LogP contribution in [0.25, 0.3) is 0 Å². The second-order valence-corrected chi connectivity index (χ2v) is 2.88. The number of hydrogen-bond donors (Lipinski definition) is 0. The first-order chi connectivity index (χ1) is 5.69. The van der Waals surface area contributed by atoms with Crippen molar-refractivity contribution in [1.82, 2.24) is 9.97 Å². The van der Waals surface area contributed by atoms with Crippen molar-refractivity contribution in [2.45, 2.75) is 0 Å². The van der Waals surface area contributed by atoms with Crippen molar-refractivity contribution in [3.8, 4) is 6.07 Å². The van der Waals surface area contributed by atoms with E-state index in [9.17, 15) is 4.79 Å². The van der Waals surface area contributed by atoms with Gasteiger partial charge in [0, 0.05) is 0 Å². The number of rotatable bonds is 1. The zero-order valence-electron chi connectivity index (χ0n) is 5.58. The number of nitrogens with zero attached hydrogens (tertiary/aromatic N) is 3. The summed E-state index contributed by atoms with van der Waals surface area (Å²) >= 11 is 8.49. The number of halogens is 2. The zero-order valence-corrected chi connectivity index (χ0v) is 7.93. The number of aldehydes is 1. The smallest absolute Gasteiger partial charge is 0.174 e. The van der Waals surface area contributed by atoms with Gasteiger partial charge in [0.2, 0.25) is 0 Å². The Hall–Kier alpha value is -0.990. The quantitative estimate of drug-likeness (QED) is 0.706. The molecule has 0 radical (unpaired) electrons. The maximum Gasteiger partial charge on any atom is 0.174 e. The highest BCUT2D eigenvalue weighted by atomic mass is 79.9. The maximum atomic E-state index is 10.3. The summed E-state index contributed by atoms with van der Waals surface area (Å²) in [5, 5.41) is 8.47. The molecule has 0 amide bonds. The van der Waals surface area contributed by atoms with Gasteiger partial charge in [0.25, 0.3) is 0 Å². The molecule has 0 fully saturated rings. The number of carbonyl (C=O) groups is 1. The zero-order chi connectivity index (χ0) is 9.14. The molecule has 6 heteroatoms. The molecule has 1 heterocycles. The number of carbonyl (C=O) groups excluding carboxylic acids is 1. The molecule has 0 saturated heterocycles. The summed E-state index contributed by atoms with van der Waals surface area (Å²) in [5.74, 6) is 0. The van der Waals surface area contributed by atoms with E-state index < -0.39 is 0 Å². The van der Waals surface area contributed by atoms with Crippen LogP contribution in [0.5, 0.6) is 0 Å². The summed E-state index contributed by atoms with van der Waals surface area (Å²) in [5.41, 5.74) is 0.0120. The Morgan fingerprint density at radius 1 is 1.58 bits per heavy atom. The predicted molar refractivity (Wildman–Crippen MR) is 44.8 cm³/mol. The van der Waals surface area contributed by atoms with Crippen molar-refractivity contribution in [3.05, 3.63) is 21.1 Å². The molecule has 0 aliphatic rings. The first-order valence-electron chi connectivity index (χ1n) is 2.77. The van der Waals surface area contributed by atoms with E-state index in [4.69, 9.17) is 16.9 Å². The van der Waals surface area contributed by atoms with Crippen LogP contribution in [0.1, 0.15) is 16.2 Å². The van der Waals surface area contributed by atoms with Gasteiger partial charge in [0.05, 0.1) is 0 Å². The van der Waals surface area contributed by atoms with Gasteiger partial charge in [-0.2, -0.15) is 5.26 Å². The average molecular weight is 246 g/mol. The fraction of sp³-hybridized carbons (Fsp3) is 0. The van der Waals surface area contributed by atoms with Gasteiger partial charge >= 0.3 is 0 Å². The normalized spacial score (nSPS) is 9.08. The van der Waals surface area contributed by atoms with E-state index in [2.05, 4.69) is 25.9 Å². The number of nitriles is 1. The van der Waals surface area contributed by atoms with Crippen LogP contribution in [0.2, 0.25) is 5.15 Å². The minimum atomic E-state index is -0.0311. The van der Waals surface area contributed by atoms with Crippen molar-refractivity contribution >= 4 is 33.8 Å². The van der Waals surface area contributed by atoms with Gasteiger partial charge in [-0.25, -0.2) is 9.97 Å². The summed E-state index contributed by atoms with van der Waals surface area (Å²) in [4.78, 5) is 17.6.